The van der Waals surface area contributed by atoms with Crippen LogP contribution in [0.5, 0.6) is 0 Å². The summed E-state index contributed by atoms with van der Waals surface area (Å²) in [6.07, 6.45) is 30.3. The molecular formula is C31H62O2. The number of carbonyl (C=O) groups is 1. The van der Waals surface area contributed by atoms with Crippen LogP contribution < -0.4 is 0 Å². The summed E-state index contributed by atoms with van der Waals surface area (Å²) in [6.45, 7) is 9.53. The molecule has 0 heterocycles. The molecule has 0 aromatic heterocycles. The molecule has 0 rings (SSSR count). The topological polar surface area (TPSA) is 26.3 Å². The van der Waals surface area contributed by atoms with Crippen molar-refractivity contribution in [2.75, 3.05) is 6.61 Å². The molecule has 198 valence electrons. The van der Waals surface area contributed by atoms with Crippen LogP contribution in [0.25, 0.3) is 0 Å². The lowest BCUT2D eigenvalue weighted by Crippen LogP contribution is -2.20. The largest absolute Gasteiger partial charge is 0.465 e. The van der Waals surface area contributed by atoms with Gasteiger partial charge in [0.15, 0.2) is 0 Å². The van der Waals surface area contributed by atoms with Gasteiger partial charge in [-0.2, -0.15) is 0 Å². The van der Waals surface area contributed by atoms with Gasteiger partial charge in [0, 0.05) is 0 Å². The van der Waals surface area contributed by atoms with E-state index in [9.17, 15) is 4.79 Å². The highest BCUT2D eigenvalue weighted by molar-refractivity contribution is 5.71. The Bertz CT molecular complexity index is 392. The second-order valence-electron chi connectivity index (χ2n) is 10.8. The van der Waals surface area contributed by atoms with E-state index in [1.165, 1.54) is 135 Å². The monoisotopic (exact) mass is 466 g/mol. The molecule has 0 aliphatic heterocycles. The summed E-state index contributed by atoms with van der Waals surface area (Å²) in [5, 5.41) is 0. The molecule has 0 radical (unpaired) electrons. The number of hydrogen-bond acceptors (Lipinski definition) is 2. The quantitative estimate of drug-likeness (QED) is 0.0935. The molecular weight excluding hydrogens is 404 g/mol. The van der Waals surface area contributed by atoms with Gasteiger partial charge in [0.25, 0.3) is 0 Å². The van der Waals surface area contributed by atoms with E-state index < -0.39 is 0 Å². The van der Waals surface area contributed by atoms with Crippen LogP contribution in [-0.4, -0.2) is 12.6 Å². The molecule has 2 atom stereocenters. The lowest BCUT2D eigenvalue weighted by Gasteiger charge is -2.19. The fraction of sp³-hybridized carbons (Fsp3) is 0.968. The van der Waals surface area contributed by atoms with Gasteiger partial charge in [-0.25, -0.2) is 0 Å². The fourth-order valence-electron chi connectivity index (χ4n) is 4.78. The first kappa shape index (κ1) is 32.5. The van der Waals surface area contributed by atoms with E-state index in [0.717, 1.165) is 12.8 Å². The van der Waals surface area contributed by atoms with Crippen molar-refractivity contribution in [3.63, 3.8) is 0 Å². The van der Waals surface area contributed by atoms with Crippen molar-refractivity contribution >= 4 is 5.97 Å². The van der Waals surface area contributed by atoms with Gasteiger partial charge in [-0.1, -0.05) is 156 Å². The standard InChI is InChI=1S/C31H62O2/c1-5-8-11-14-16-18-21-24-27-30(26-23-20-17-15-12-9-6-2)28-33-31(32)29(4)25-22-19-13-10-7-3/h29-30H,5-28H2,1-4H3. The SMILES string of the molecule is CCCCCCCCCCC(CCCCCCCCC)COC(=O)C(C)CCCCCCC. The van der Waals surface area contributed by atoms with Gasteiger partial charge in [-0.05, 0) is 25.2 Å². The van der Waals surface area contributed by atoms with Crippen LogP contribution in [0.3, 0.4) is 0 Å². The Balaban J connectivity index is 4.15. The van der Waals surface area contributed by atoms with Crippen LogP contribution in [0.15, 0.2) is 0 Å². The summed E-state index contributed by atoms with van der Waals surface area (Å²) in [6, 6.07) is 0. The highest BCUT2D eigenvalue weighted by atomic mass is 16.5. The van der Waals surface area contributed by atoms with Crippen molar-refractivity contribution in [1.29, 1.82) is 0 Å². The number of rotatable bonds is 26. The van der Waals surface area contributed by atoms with Gasteiger partial charge >= 0.3 is 5.97 Å². The zero-order valence-corrected chi connectivity index (χ0v) is 23.4. The lowest BCUT2D eigenvalue weighted by molar-refractivity contribution is -0.149. The van der Waals surface area contributed by atoms with Crippen molar-refractivity contribution in [1.82, 2.24) is 0 Å². The van der Waals surface area contributed by atoms with E-state index >= 15 is 0 Å². The van der Waals surface area contributed by atoms with Crippen LogP contribution >= 0.6 is 0 Å². The first-order valence-corrected chi connectivity index (χ1v) is 15.3. The van der Waals surface area contributed by atoms with Crippen LogP contribution in [0, 0.1) is 11.8 Å². The Morgan fingerprint density at radius 3 is 1.24 bits per heavy atom. The molecule has 0 bridgehead atoms. The minimum Gasteiger partial charge on any atom is -0.465 e. The zero-order chi connectivity index (χ0) is 24.4. The molecule has 0 amide bonds. The van der Waals surface area contributed by atoms with Crippen molar-refractivity contribution in [3.05, 3.63) is 0 Å². The Labute approximate surface area is 209 Å². The Kier molecular flexibility index (Phi) is 25.7. The number of hydrogen-bond donors (Lipinski definition) is 0. The molecule has 0 fully saturated rings. The average Bonchev–Trinajstić information content (AvgIpc) is 2.82. The molecule has 0 spiro atoms. The van der Waals surface area contributed by atoms with Crippen molar-refractivity contribution in [2.24, 2.45) is 11.8 Å². The van der Waals surface area contributed by atoms with E-state index in [1.54, 1.807) is 0 Å². The molecule has 0 aliphatic carbocycles. The number of esters is 1. The van der Waals surface area contributed by atoms with Crippen LogP contribution in [0.4, 0.5) is 0 Å². The average molecular weight is 467 g/mol. The predicted molar refractivity (Wildman–Crippen MR) is 147 cm³/mol. The summed E-state index contributed by atoms with van der Waals surface area (Å²) in [5.74, 6) is 0.682. The van der Waals surface area contributed by atoms with Gasteiger partial charge in [0.2, 0.25) is 0 Å². The van der Waals surface area contributed by atoms with Gasteiger partial charge in [-0.3, -0.25) is 4.79 Å². The molecule has 0 saturated carbocycles. The molecule has 0 saturated heterocycles. The fourth-order valence-corrected chi connectivity index (χ4v) is 4.78. The molecule has 0 aromatic rings. The highest BCUT2D eigenvalue weighted by Crippen LogP contribution is 2.21. The van der Waals surface area contributed by atoms with Gasteiger partial charge in [0.1, 0.15) is 0 Å². The van der Waals surface area contributed by atoms with E-state index in [2.05, 4.69) is 27.7 Å². The third kappa shape index (κ3) is 23.0. The van der Waals surface area contributed by atoms with Gasteiger partial charge < -0.3 is 4.74 Å². The number of carbonyl (C=O) groups excluding carboxylic acids is 1. The van der Waals surface area contributed by atoms with Crippen molar-refractivity contribution in [3.8, 4) is 0 Å². The maximum atomic E-state index is 12.5. The Morgan fingerprint density at radius 1 is 0.515 bits per heavy atom. The Morgan fingerprint density at radius 2 is 0.848 bits per heavy atom. The van der Waals surface area contributed by atoms with Gasteiger partial charge in [-0.15, -0.1) is 0 Å². The van der Waals surface area contributed by atoms with Crippen molar-refractivity contribution in [2.45, 2.75) is 175 Å². The third-order valence-electron chi connectivity index (χ3n) is 7.29. The molecule has 33 heavy (non-hydrogen) atoms. The van der Waals surface area contributed by atoms with Crippen molar-refractivity contribution < 1.29 is 9.53 Å². The van der Waals surface area contributed by atoms with Crippen LogP contribution in [0.1, 0.15) is 175 Å². The first-order valence-electron chi connectivity index (χ1n) is 15.3. The minimum absolute atomic E-state index is 0.0472. The Hall–Kier alpha value is -0.530. The van der Waals surface area contributed by atoms with E-state index in [0.29, 0.717) is 12.5 Å². The smallest absolute Gasteiger partial charge is 0.308 e. The second kappa shape index (κ2) is 26.1. The first-order chi connectivity index (χ1) is 16.2. The van der Waals surface area contributed by atoms with E-state index in [1.807, 2.05) is 0 Å². The molecule has 2 heteroatoms. The van der Waals surface area contributed by atoms with E-state index in [-0.39, 0.29) is 11.9 Å². The number of ether oxygens (including phenoxy) is 1. The summed E-state index contributed by atoms with van der Waals surface area (Å²) in [4.78, 5) is 12.5. The maximum absolute atomic E-state index is 12.5. The van der Waals surface area contributed by atoms with Gasteiger partial charge in [0.05, 0.1) is 12.5 Å². The number of unbranched alkanes of at least 4 members (excludes halogenated alkanes) is 17. The normalized spacial score (nSPS) is 13.2. The van der Waals surface area contributed by atoms with E-state index in [4.69, 9.17) is 4.74 Å². The highest BCUT2D eigenvalue weighted by Gasteiger charge is 2.17. The minimum atomic E-state index is 0.0472. The third-order valence-corrected chi connectivity index (χ3v) is 7.29. The lowest BCUT2D eigenvalue weighted by atomic mass is 9.94. The zero-order valence-electron chi connectivity index (χ0n) is 23.4. The summed E-state index contributed by atoms with van der Waals surface area (Å²) < 4.78 is 5.84. The molecule has 0 N–H and O–H groups in total. The molecule has 2 unspecified atom stereocenters. The van der Waals surface area contributed by atoms with Crippen LogP contribution in [-0.2, 0) is 9.53 Å². The molecule has 0 aliphatic rings. The summed E-state index contributed by atoms with van der Waals surface area (Å²) in [5.41, 5.74) is 0. The summed E-state index contributed by atoms with van der Waals surface area (Å²) in [7, 11) is 0. The predicted octanol–water partition coefficient (Wildman–Crippen LogP) is 10.8. The molecule has 2 nitrogen and oxygen atoms in total. The maximum Gasteiger partial charge on any atom is 0.308 e. The van der Waals surface area contributed by atoms with Crippen LogP contribution in [0.2, 0.25) is 0 Å². The second-order valence-corrected chi connectivity index (χ2v) is 10.8. The summed E-state index contributed by atoms with van der Waals surface area (Å²) >= 11 is 0. The molecule has 0 aromatic carbocycles.